The molecule has 0 radical (unpaired) electrons. The van der Waals surface area contributed by atoms with Gasteiger partial charge in [0.15, 0.2) is 0 Å². The van der Waals surface area contributed by atoms with Gasteiger partial charge >= 0.3 is 6.18 Å². The molecule has 3 atom stereocenters. The minimum atomic E-state index is -4.46. The van der Waals surface area contributed by atoms with Crippen molar-refractivity contribution in [1.29, 1.82) is 0 Å². The van der Waals surface area contributed by atoms with Gasteiger partial charge in [0.1, 0.15) is 5.69 Å². The normalized spacial score (nSPS) is 25.5. The number of nitrogens with zero attached hydrogens (tertiary/aromatic N) is 2. The van der Waals surface area contributed by atoms with Crippen molar-refractivity contribution >= 4 is 5.91 Å². The highest BCUT2D eigenvalue weighted by molar-refractivity contribution is 5.93. The van der Waals surface area contributed by atoms with Crippen molar-refractivity contribution in [1.82, 2.24) is 14.9 Å². The van der Waals surface area contributed by atoms with Gasteiger partial charge in [0.2, 0.25) is 0 Å². The van der Waals surface area contributed by atoms with Gasteiger partial charge in [0.25, 0.3) is 5.91 Å². The maximum absolute atomic E-state index is 13.6. The van der Waals surface area contributed by atoms with Crippen molar-refractivity contribution in [2.45, 2.75) is 52.3 Å². The minimum Gasteiger partial charge on any atom is -0.347 e. The number of halogens is 3. The summed E-state index contributed by atoms with van der Waals surface area (Å²) in [5, 5.41) is 3.25. The van der Waals surface area contributed by atoms with E-state index in [1.54, 1.807) is 34.9 Å². The van der Waals surface area contributed by atoms with E-state index in [0.29, 0.717) is 22.9 Å². The average molecular weight is 468 g/mol. The van der Waals surface area contributed by atoms with Gasteiger partial charge in [-0.25, -0.2) is 4.98 Å². The van der Waals surface area contributed by atoms with Crippen LogP contribution in [0.2, 0.25) is 0 Å². The van der Waals surface area contributed by atoms with E-state index in [-0.39, 0.29) is 28.3 Å². The summed E-state index contributed by atoms with van der Waals surface area (Å²) in [5.74, 6) is 0.381. The molecule has 5 rings (SSSR count). The number of aromatic nitrogens is 2. The molecule has 2 aromatic carbocycles. The standard InChI is InChI=1S/C27H28F3N3O/c1-25(2)18-11-12-26(25,3)23(14-18)32-24(34)22-15-31-16-33(22)19-8-6-7-17(13-19)20-9-4-5-10-21(20)27(28,29)30/h4-10,13,15-16,18,23H,11-12,14H2,1-3H3,(H,32,34)/t18-,23-,26-/m1/s1. The number of fused-ring (bicyclic) bond motifs is 2. The molecule has 0 saturated heterocycles. The Hall–Kier alpha value is -3.09. The first kappa shape index (κ1) is 22.7. The molecule has 2 fully saturated rings. The Morgan fingerprint density at radius 3 is 2.56 bits per heavy atom. The Kier molecular flexibility index (Phi) is 5.15. The molecule has 1 heterocycles. The summed E-state index contributed by atoms with van der Waals surface area (Å²) in [6, 6.07) is 12.3. The zero-order chi connectivity index (χ0) is 24.3. The SMILES string of the molecule is CC1(C)[C@@H]2CC[C@]1(C)[C@H](NC(=O)c1cncn1-c1cccc(-c3ccccc3C(F)(F)F)c1)C2. The summed E-state index contributed by atoms with van der Waals surface area (Å²) in [7, 11) is 0. The lowest BCUT2D eigenvalue weighted by molar-refractivity contribution is -0.137. The summed E-state index contributed by atoms with van der Waals surface area (Å²) in [5.41, 5.74) is 0.989. The van der Waals surface area contributed by atoms with Gasteiger partial charge in [-0.3, -0.25) is 9.36 Å². The van der Waals surface area contributed by atoms with Crippen LogP contribution in [0.4, 0.5) is 13.2 Å². The van der Waals surface area contributed by atoms with Crippen LogP contribution in [0.15, 0.2) is 61.1 Å². The van der Waals surface area contributed by atoms with E-state index >= 15 is 0 Å². The number of hydrogen-bond donors (Lipinski definition) is 1. The molecule has 0 aliphatic heterocycles. The molecular weight excluding hydrogens is 439 g/mol. The zero-order valence-electron chi connectivity index (χ0n) is 19.5. The highest BCUT2D eigenvalue weighted by atomic mass is 19.4. The summed E-state index contributed by atoms with van der Waals surface area (Å²) in [4.78, 5) is 17.5. The van der Waals surface area contributed by atoms with Crippen molar-refractivity contribution in [2.75, 3.05) is 0 Å². The van der Waals surface area contributed by atoms with Crippen LogP contribution in [-0.4, -0.2) is 21.5 Å². The molecule has 2 bridgehead atoms. The van der Waals surface area contributed by atoms with E-state index < -0.39 is 11.7 Å². The van der Waals surface area contributed by atoms with Crippen LogP contribution in [0.5, 0.6) is 0 Å². The smallest absolute Gasteiger partial charge is 0.347 e. The first-order valence-electron chi connectivity index (χ1n) is 11.6. The molecule has 178 valence electrons. The van der Waals surface area contributed by atoms with Crippen LogP contribution in [0.25, 0.3) is 16.8 Å². The highest BCUT2D eigenvalue weighted by Crippen LogP contribution is 2.65. The van der Waals surface area contributed by atoms with Crippen molar-refractivity contribution in [3.63, 3.8) is 0 Å². The number of benzene rings is 2. The van der Waals surface area contributed by atoms with Gasteiger partial charge in [-0.2, -0.15) is 13.2 Å². The molecule has 2 aliphatic carbocycles. The number of alkyl halides is 3. The number of amides is 1. The fourth-order valence-corrected chi connectivity index (χ4v) is 6.13. The molecule has 34 heavy (non-hydrogen) atoms. The van der Waals surface area contributed by atoms with Crippen LogP contribution >= 0.6 is 0 Å². The first-order valence-corrected chi connectivity index (χ1v) is 11.6. The summed E-state index contributed by atoms with van der Waals surface area (Å²) in [6.07, 6.45) is 1.82. The van der Waals surface area contributed by atoms with Crippen LogP contribution in [-0.2, 0) is 6.18 Å². The molecule has 0 spiro atoms. The molecule has 2 aliphatic rings. The largest absolute Gasteiger partial charge is 0.417 e. The van der Waals surface area contributed by atoms with E-state index in [1.165, 1.54) is 31.1 Å². The molecular formula is C27H28F3N3O. The van der Waals surface area contributed by atoms with E-state index in [4.69, 9.17) is 0 Å². The van der Waals surface area contributed by atoms with E-state index in [2.05, 4.69) is 31.1 Å². The Balaban J connectivity index is 1.45. The fourth-order valence-electron chi connectivity index (χ4n) is 6.13. The van der Waals surface area contributed by atoms with E-state index in [1.807, 2.05) is 0 Å². The van der Waals surface area contributed by atoms with Gasteiger partial charge < -0.3 is 5.32 Å². The number of nitrogens with one attached hydrogen (secondary N) is 1. The molecule has 0 unspecified atom stereocenters. The minimum absolute atomic E-state index is 0.0411. The molecule has 1 N–H and O–H groups in total. The van der Waals surface area contributed by atoms with Gasteiger partial charge in [-0.15, -0.1) is 0 Å². The van der Waals surface area contributed by atoms with Crippen LogP contribution in [0.1, 0.15) is 56.1 Å². The van der Waals surface area contributed by atoms with E-state index in [9.17, 15) is 18.0 Å². The second-order valence-electron chi connectivity index (χ2n) is 10.4. The molecule has 4 nitrogen and oxygen atoms in total. The summed E-state index contributed by atoms with van der Waals surface area (Å²) < 4.78 is 42.3. The highest BCUT2D eigenvalue weighted by Gasteiger charge is 2.61. The van der Waals surface area contributed by atoms with Crippen LogP contribution in [0.3, 0.4) is 0 Å². The quantitative estimate of drug-likeness (QED) is 0.476. The number of carbonyl (C=O) groups excluding carboxylic acids is 1. The molecule has 2 saturated carbocycles. The molecule has 3 aromatic rings. The lowest BCUT2D eigenvalue weighted by atomic mass is 9.69. The zero-order valence-corrected chi connectivity index (χ0v) is 19.5. The summed E-state index contributed by atoms with van der Waals surface area (Å²) >= 11 is 0. The Morgan fingerprint density at radius 1 is 1.12 bits per heavy atom. The predicted octanol–water partition coefficient (Wildman–Crippen LogP) is 6.50. The van der Waals surface area contributed by atoms with E-state index in [0.717, 1.165) is 18.9 Å². The lowest BCUT2D eigenvalue weighted by Crippen LogP contribution is -2.47. The number of rotatable bonds is 4. The van der Waals surface area contributed by atoms with Gasteiger partial charge in [0, 0.05) is 11.7 Å². The lowest BCUT2D eigenvalue weighted by Gasteiger charge is -2.39. The van der Waals surface area contributed by atoms with Crippen molar-refractivity contribution in [3.8, 4) is 16.8 Å². The Bertz CT molecular complexity index is 1250. The van der Waals surface area contributed by atoms with Gasteiger partial charge in [-0.1, -0.05) is 51.1 Å². The maximum Gasteiger partial charge on any atom is 0.417 e. The molecule has 1 aromatic heterocycles. The summed E-state index contributed by atoms with van der Waals surface area (Å²) in [6.45, 7) is 6.86. The van der Waals surface area contributed by atoms with Crippen molar-refractivity contribution < 1.29 is 18.0 Å². The number of carbonyl (C=O) groups is 1. The first-order chi connectivity index (χ1) is 16.0. The second kappa shape index (κ2) is 7.72. The number of imidazole rings is 1. The molecule has 7 heteroatoms. The Labute approximate surface area is 197 Å². The topological polar surface area (TPSA) is 46.9 Å². The second-order valence-corrected chi connectivity index (χ2v) is 10.4. The van der Waals surface area contributed by atoms with Crippen molar-refractivity contribution in [3.05, 3.63) is 72.3 Å². The van der Waals surface area contributed by atoms with Crippen LogP contribution < -0.4 is 5.32 Å². The third kappa shape index (κ3) is 3.44. The average Bonchev–Trinajstić information content (AvgIpc) is 3.42. The maximum atomic E-state index is 13.6. The van der Waals surface area contributed by atoms with Gasteiger partial charge in [0.05, 0.1) is 18.1 Å². The fraction of sp³-hybridized carbons (Fsp3) is 0.407. The van der Waals surface area contributed by atoms with Crippen molar-refractivity contribution in [2.24, 2.45) is 16.7 Å². The third-order valence-electron chi connectivity index (χ3n) is 8.64. The van der Waals surface area contributed by atoms with Crippen LogP contribution in [0, 0.1) is 16.7 Å². The Morgan fingerprint density at radius 2 is 1.88 bits per heavy atom. The third-order valence-corrected chi connectivity index (χ3v) is 8.64. The van der Waals surface area contributed by atoms with Gasteiger partial charge in [-0.05, 0) is 65.3 Å². The predicted molar refractivity (Wildman–Crippen MR) is 124 cm³/mol. The molecule has 1 amide bonds. The monoisotopic (exact) mass is 467 g/mol. The number of hydrogen-bond acceptors (Lipinski definition) is 2.